The maximum Gasteiger partial charge on any atom is 0.258 e. The first kappa shape index (κ1) is 24.1. The Hall–Kier alpha value is -1.55. The quantitative estimate of drug-likeness (QED) is 0.300. The van der Waals surface area contributed by atoms with Crippen LogP contribution in [0.4, 0.5) is 0 Å². The molecule has 31 heavy (non-hydrogen) atoms. The van der Waals surface area contributed by atoms with E-state index in [0.717, 1.165) is 70.4 Å². The average molecular weight is 542 g/mol. The molecule has 1 aliphatic carbocycles. The zero-order valence-corrected chi connectivity index (χ0v) is 20.7. The van der Waals surface area contributed by atoms with Gasteiger partial charge in [0.25, 0.3) is 5.91 Å². The highest BCUT2D eigenvalue weighted by Gasteiger charge is 2.42. The van der Waals surface area contributed by atoms with E-state index in [4.69, 9.17) is 14.5 Å². The van der Waals surface area contributed by atoms with E-state index >= 15 is 0 Å². The SMILES string of the molecule is CCNC(=NCCc1ccc(OCC(=O)NC2CC2)cc1)N1CCC2(CCOC2)C1.I. The number of nitrogens with one attached hydrogen (secondary N) is 2. The average Bonchev–Trinajstić information content (AvgIpc) is 3.29. The molecule has 1 amide bonds. The fraction of sp³-hybridized carbons (Fsp3) is 0.652. The van der Waals surface area contributed by atoms with Gasteiger partial charge in [-0.05, 0) is 56.7 Å². The van der Waals surface area contributed by atoms with Gasteiger partial charge in [-0.25, -0.2) is 0 Å². The van der Waals surface area contributed by atoms with Gasteiger partial charge in [0.05, 0.1) is 6.61 Å². The molecule has 1 spiro atoms. The van der Waals surface area contributed by atoms with Crippen molar-refractivity contribution in [2.45, 2.75) is 45.1 Å². The van der Waals surface area contributed by atoms with Crippen molar-refractivity contribution in [1.82, 2.24) is 15.5 Å². The van der Waals surface area contributed by atoms with Gasteiger partial charge >= 0.3 is 0 Å². The summed E-state index contributed by atoms with van der Waals surface area (Å²) in [6.45, 7) is 7.69. The molecule has 3 aliphatic rings. The minimum Gasteiger partial charge on any atom is -0.484 e. The summed E-state index contributed by atoms with van der Waals surface area (Å²) in [4.78, 5) is 19.0. The largest absolute Gasteiger partial charge is 0.484 e. The van der Waals surface area contributed by atoms with E-state index in [1.165, 1.54) is 18.4 Å². The number of hydrogen-bond acceptors (Lipinski definition) is 4. The molecule has 7 nitrogen and oxygen atoms in total. The van der Waals surface area contributed by atoms with E-state index in [1.54, 1.807) is 0 Å². The van der Waals surface area contributed by atoms with Gasteiger partial charge in [-0.3, -0.25) is 9.79 Å². The number of carbonyl (C=O) groups is 1. The highest BCUT2D eigenvalue weighted by Crippen LogP contribution is 2.38. The van der Waals surface area contributed by atoms with Crippen LogP contribution in [0.1, 0.15) is 38.2 Å². The number of benzene rings is 1. The van der Waals surface area contributed by atoms with Crippen molar-refractivity contribution in [3.8, 4) is 5.75 Å². The van der Waals surface area contributed by atoms with Crippen LogP contribution in [-0.2, 0) is 16.0 Å². The van der Waals surface area contributed by atoms with E-state index in [9.17, 15) is 4.79 Å². The van der Waals surface area contributed by atoms with Gasteiger partial charge in [0.2, 0.25) is 0 Å². The zero-order chi connectivity index (χ0) is 20.8. The molecule has 2 saturated heterocycles. The van der Waals surface area contributed by atoms with E-state index in [-0.39, 0.29) is 36.5 Å². The fourth-order valence-corrected chi connectivity index (χ4v) is 4.20. The lowest BCUT2D eigenvalue weighted by Crippen LogP contribution is -2.41. The van der Waals surface area contributed by atoms with Crippen LogP contribution in [0.15, 0.2) is 29.3 Å². The third kappa shape index (κ3) is 6.97. The van der Waals surface area contributed by atoms with Crippen LogP contribution in [0, 0.1) is 5.41 Å². The van der Waals surface area contributed by atoms with Crippen LogP contribution in [0.3, 0.4) is 0 Å². The lowest BCUT2D eigenvalue weighted by Gasteiger charge is -2.25. The molecule has 172 valence electrons. The Balaban J connectivity index is 0.00000272. The molecule has 1 aromatic carbocycles. The van der Waals surface area contributed by atoms with Gasteiger partial charge in [-0.15, -0.1) is 24.0 Å². The second-order valence-electron chi connectivity index (χ2n) is 8.73. The Kier molecular flexibility index (Phi) is 8.83. The molecule has 1 atom stereocenters. The van der Waals surface area contributed by atoms with Crippen molar-refractivity contribution < 1.29 is 14.3 Å². The predicted molar refractivity (Wildman–Crippen MR) is 132 cm³/mol. The Labute approximate surface area is 202 Å². The Bertz CT molecular complexity index is 746. The molecule has 0 bridgehead atoms. The second-order valence-corrected chi connectivity index (χ2v) is 8.73. The van der Waals surface area contributed by atoms with Crippen LogP contribution < -0.4 is 15.4 Å². The molecule has 2 aliphatic heterocycles. The summed E-state index contributed by atoms with van der Waals surface area (Å²) in [6.07, 6.45) is 5.41. The second kappa shape index (κ2) is 11.4. The lowest BCUT2D eigenvalue weighted by atomic mass is 9.87. The van der Waals surface area contributed by atoms with Gasteiger partial charge in [-0.1, -0.05) is 12.1 Å². The van der Waals surface area contributed by atoms with E-state index in [0.29, 0.717) is 11.5 Å². The monoisotopic (exact) mass is 542 g/mol. The first-order valence-corrected chi connectivity index (χ1v) is 11.3. The van der Waals surface area contributed by atoms with Crippen molar-refractivity contribution in [2.24, 2.45) is 10.4 Å². The number of likely N-dealkylation sites (tertiary alicyclic amines) is 1. The highest BCUT2D eigenvalue weighted by molar-refractivity contribution is 14.0. The topological polar surface area (TPSA) is 75.2 Å². The van der Waals surface area contributed by atoms with Gasteiger partial charge in [0.15, 0.2) is 12.6 Å². The number of halogens is 1. The minimum atomic E-state index is -0.0419. The Morgan fingerprint density at radius 2 is 2.10 bits per heavy atom. The molecular formula is C23H35IN4O3. The number of nitrogens with zero attached hydrogens (tertiary/aromatic N) is 2. The van der Waals surface area contributed by atoms with Crippen molar-refractivity contribution >= 4 is 35.8 Å². The molecule has 8 heteroatoms. The molecule has 2 heterocycles. The summed E-state index contributed by atoms with van der Waals surface area (Å²) in [5.74, 6) is 1.70. The van der Waals surface area contributed by atoms with Crippen LogP contribution in [0.5, 0.6) is 5.75 Å². The standard InChI is InChI=1S/C23H34N4O3.HI/c1-2-24-22(27-13-10-23(16-27)11-14-29-17-23)25-12-9-18-3-7-20(8-4-18)30-15-21(28)26-19-5-6-19;/h3-4,7-8,19H,2,5-6,9-17H2,1H3,(H,24,25)(H,26,28);1H. The number of ether oxygens (including phenoxy) is 2. The highest BCUT2D eigenvalue weighted by atomic mass is 127. The van der Waals surface area contributed by atoms with E-state index in [1.807, 2.05) is 12.1 Å². The molecule has 1 saturated carbocycles. The minimum absolute atomic E-state index is 0. The van der Waals surface area contributed by atoms with Crippen LogP contribution in [0.25, 0.3) is 0 Å². The molecule has 1 aromatic rings. The molecule has 1 unspecified atom stereocenters. The Morgan fingerprint density at radius 3 is 2.77 bits per heavy atom. The van der Waals surface area contributed by atoms with Crippen molar-refractivity contribution in [3.05, 3.63) is 29.8 Å². The maximum absolute atomic E-state index is 11.7. The first-order valence-electron chi connectivity index (χ1n) is 11.3. The molecule has 4 rings (SSSR count). The van der Waals surface area contributed by atoms with Gasteiger partial charge in [0, 0.05) is 44.2 Å². The summed E-state index contributed by atoms with van der Waals surface area (Å²) >= 11 is 0. The molecule has 2 N–H and O–H groups in total. The number of hydrogen-bond donors (Lipinski definition) is 2. The normalized spacial score (nSPS) is 23.0. The summed E-state index contributed by atoms with van der Waals surface area (Å²) in [6, 6.07) is 8.33. The molecule has 3 fully saturated rings. The molecule has 0 aromatic heterocycles. The predicted octanol–water partition coefficient (Wildman–Crippen LogP) is 2.58. The number of carbonyl (C=O) groups excluding carboxylic acids is 1. The maximum atomic E-state index is 11.7. The van der Waals surface area contributed by atoms with Crippen LogP contribution >= 0.6 is 24.0 Å². The smallest absolute Gasteiger partial charge is 0.258 e. The number of rotatable bonds is 8. The third-order valence-electron chi connectivity index (χ3n) is 6.16. The van der Waals surface area contributed by atoms with Crippen LogP contribution in [-0.4, -0.2) is 68.8 Å². The number of guanidine groups is 1. The Morgan fingerprint density at radius 1 is 1.29 bits per heavy atom. The fourth-order valence-electron chi connectivity index (χ4n) is 4.20. The summed E-state index contributed by atoms with van der Waals surface area (Å²) in [5, 5.41) is 6.38. The first-order chi connectivity index (χ1) is 14.7. The van der Waals surface area contributed by atoms with Crippen molar-refractivity contribution in [3.63, 3.8) is 0 Å². The lowest BCUT2D eigenvalue weighted by molar-refractivity contribution is -0.123. The number of aliphatic imine (C=N–C) groups is 1. The molecular weight excluding hydrogens is 507 g/mol. The molecule has 0 radical (unpaired) electrons. The van der Waals surface area contributed by atoms with Gasteiger partial charge < -0.3 is 25.0 Å². The van der Waals surface area contributed by atoms with Crippen molar-refractivity contribution in [2.75, 3.05) is 46.0 Å². The van der Waals surface area contributed by atoms with Gasteiger partial charge in [-0.2, -0.15) is 0 Å². The van der Waals surface area contributed by atoms with E-state index in [2.05, 4.69) is 34.6 Å². The zero-order valence-electron chi connectivity index (χ0n) is 18.4. The summed E-state index contributed by atoms with van der Waals surface area (Å²) < 4.78 is 11.2. The summed E-state index contributed by atoms with van der Waals surface area (Å²) in [7, 11) is 0. The number of amides is 1. The van der Waals surface area contributed by atoms with Gasteiger partial charge in [0.1, 0.15) is 5.75 Å². The van der Waals surface area contributed by atoms with Crippen molar-refractivity contribution in [1.29, 1.82) is 0 Å². The van der Waals surface area contributed by atoms with Crippen LogP contribution in [0.2, 0.25) is 0 Å². The third-order valence-corrected chi connectivity index (χ3v) is 6.16. The summed E-state index contributed by atoms with van der Waals surface area (Å²) in [5.41, 5.74) is 1.55. The van der Waals surface area contributed by atoms with E-state index < -0.39 is 0 Å².